The fraction of sp³-hybridized carbons (Fsp3) is 0.350. The summed E-state index contributed by atoms with van der Waals surface area (Å²) in [5.74, 6) is -0.832. The Bertz CT molecular complexity index is 1040. The Balaban J connectivity index is 1.71. The number of rotatable bonds is 7. The van der Waals surface area contributed by atoms with Gasteiger partial charge in [0, 0.05) is 0 Å². The molecular formula is C20H24N6O3. The Morgan fingerprint density at radius 2 is 1.86 bits per heavy atom. The van der Waals surface area contributed by atoms with Crippen molar-refractivity contribution in [3.8, 4) is 0 Å². The van der Waals surface area contributed by atoms with Crippen LogP contribution in [0.15, 0.2) is 36.4 Å². The lowest BCUT2D eigenvalue weighted by Gasteiger charge is -2.12. The van der Waals surface area contributed by atoms with Crippen molar-refractivity contribution in [1.82, 2.24) is 19.6 Å². The Labute approximate surface area is 168 Å². The highest BCUT2D eigenvalue weighted by Crippen LogP contribution is 2.22. The fourth-order valence-corrected chi connectivity index (χ4v) is 3.14. The molecule has 1 N–H and O–H groups in total. The summed E-state index contributed by atoms with van der Waals surface area (Å²) >= 11 is 0. The van der Waals surface area contributed by atoms with Crippen LogP contribution in [-0.4, -0.2) is 30.4 Å². The van der Waals surface area contributed by atoms with Gasteiger partial charge >= 0.3 is 5.82 Å². The number of aromatic nitrogens is 4. The molecular weight excluding hydrogens is 372 g/mol. The third-order valence-electron chi connectivity index (χ3n) is 4.85. The van der Waals surface area contributed by atoms with Crippen LogP contribution in [0.3, 0.4) is 0 Å². The number of anilines is 1. The number of amides is 1. The van der Waals surface area contributed by atoms with E-state index in [4.69, 9.17) is 0 Å². The summed E-state index contributed by atoms with van der Waals surface area (Å²) in [4.78, 5) is 23.1. The Morgan fingerprint density at radius 3 is 2.48 bits per heavy atom. The standard InChI is InChI=1S/C20H24N6O3/c1-13(11-24-14(2)10-18(23-24)26(28)29)20(27)21-19-15(3)22-25(16(19)4)12-17-8-6-5-7-9-17/h5-10,13H,11-12H2,1-4H3,(H,21,27). The average Bonchev–Trinajstić information content (AvgIpc) is 3.17. The molecule has 0 bridgehead atoms. The molecule has 0 saturated carbocycles. The molecule has 0 spiro atoms. The monoisotopic (exact) mass is 396 g/mol. The quantitative estimate of drug-likeness (QED) is 0.487. The molecule has 0 aliphatic rings. The normalized spacial score (nSPS) is 12.0. The van der Waals surface area contributed by atoms with Gasteiger partial charge in [0.25, 0.3) is 0 Å². The first-order chi connectivity index (χ1) is 13.8. The van der Waals surface area contributed by atoms with Crippen molar-refractivity contribution in [3.63, 3.8) is 0 Å². The number of aryl methyl sites for hydroxylation is 2. The molecule has 3 aromatic rings. The van der Waals surface area contributed by atoms with Crippen molar-refractivity contribution < 1.29 is 9.72 Å². The summed E-state index contributed by atoms with van der Waals surface area (Å²) < 4.78 is 3.35. The minimum absolute atomic E-state index is 0.187. The third kappa shape index (κ3) is 4.50. The second kappa shape index (κ2) is 8.26. The number of nitrogens with one attached hydrogen (secondary N) is 1. The van der Waals surface area contributed by atoms with Crippen LogP contribution >= 0.6 is 0 Å². The van der Waals surface area contributed by atoms with Crippen LogP contribution in [0.4, 0.5) is 11.5 Å². The van der Waals surface area contributed by atoms with Crippen molar-refractivity contribution in [3.05, 3.63) is 69.2 Å². The number of hydrogen-bond acceptors (Lipinski definition) is 5. The van der Waals surface area contributed by atoms with Gasteiger partial charge in [0.2, 0.25) is 5.91 Å². The highest BCUT2D eigenvalue weighted by atomic mass is 16.6. The van der Waals surface area contributed by atoms with Gasteiger partial charge in [-0.25, -0.2) is 0 Å². The van der Waals surface area contributed by atoms with Crippen molar-refractivity contribution in [2.75, 3.05) is 5.32 Å². The van der Waals surface area contributed by atoms with Gasteiger partial charge in [-0.2, -0.15) is 9.78 Å². The maximum Gasteiger partial charge on any atom is 0.390 e. The lowest BCUT2D eigenvalue weighted by Crippen LogP contribution is -2.25. The lowest BCUT2D eigenvalue weighted by atomic mass is 10.1. The van der Waals surface area contributed by atoms with Crippen LogP contribution in [0.2, 0.25) is 0 Å². The molecule has 1 amide bonds. The molecule has 2 heterocycles. The van der Waals surface area contributed by atoms with Crippen molar-refractivity contribution >= 4 is 17.4 Å². The number of benzene rings is 1. The molecule has 1 aromatic carbocycles. The van der Waals surface area contributed by atoms with E-state index in [2.05, 4.69) is 15.5 Å². The maximum absolute atomic E-state index is 12.7. The number of carbonyl (C=O) groups is 1. The minimum atomic E-state index is -0.540. The van der Waals surface area contributed by atoms with E-state index in [-0.39, 0.29) is 18.3 Å². The van der Waals surface area contributed by atoms with Crippen LogP contribution in [0.5, 0.6) is 0 Å². The Morgan fingerprint density at radius 1 is 1.17 bits per heavy atom. The molecule has 1 unspecified atom stereocenters. The van der Waals surface area contributed by atoms with E-state index < -0.39 is 10.8 Å². The Hall–Kier alpha value is -3.49. The van der Waals surface area contributed by atoms with Crippen LogP contribution < -0.4 is 5.32 Å². The predicted molar refractivity (Wildman–Crippen MR) is 109 cm³/mol. The summed E-state index contributed by atoms with van der Waals surface area (Å²) in [6, 6.07) is 11.4. The molecule has 0 radical (unpaired) electrons. The van der Waals surface area contributed by atoms with E-state index >= 15 is 0 Å². The van der Waals surface area contributed by atoms with Gasteiger partial charge in [0.15, 0.2) is 0 Å². The first-order valence-corrected chi connectivity index (χ1v) is 9.34. The van der Waals surface area contributed by atoms with Crippen LogP contribution in [0.25, 0.3) is 0 Å². The number of nitrogens with zero attached hydrogens (tertiary/aromatic N) is 5. The zero-order valence-corrected chi connectivity index (χ0v) is 16.9. The first-order valence-electron chi connectivity index (χ1n) is 9.34. The summed E-state index contributed by atoms with van der Waals surface area (Å²) in [5.41, 5.74) is 4.07. The van der Waals surface area contributed by atoms with Crippen LogP contribution in [0, 0.1) is 36.8 Å². The van der Waals surface area contributed by atoms with Gasteiger partial charge in [0.1, 0.15) is 0 Å². The minimum Gasteiger partial charge on any atom is -0.358 e. The molecule has 2 aromatic heterocycles. The summed E-state index contributed by atoms with van der Waals surface area (Å²) in [6.45, 7) is 8.14. The maximum atomic E-state index is 12.7. The van der Waals surface area contributed by atoms with Crippen LogP contribution in [0.1, 0.15) is 29.6 Å². The Kier molecular flexibility index (Phi) is 5.76. The van der Waals surface area contributed by atoms with E-state index in [1.807, 2.05) is 48.9 Å². The van der Waals surface area contributed by atoms with Gasteiger partial charge in [-0.3, -0.25) is 9.48 Å². The summed E-state index contributed by atoms with van der Waals surface area (Å²) in [6.07, 6.45) is 0. The van der Waals surface area contributed by atoms with Gasteiger partial charge in [-0.1, -0.05) is 37.3 Å². The lowest BCUT2D eigenvalue weighted by molar-refractivity contribution is -0.389. The molecule has 9 heteroatoms. The predicted octanol–water partition coefficient (Wildman–Crippen LogP) is 3.24. The molecule has 0 fully saturated rings. The highest BCUT2D eigenvalue weighted by molar-refractivity contribution is 5.93. The van der Waals surface area contributed by atoms with E-state index in [9.17, 15) is 14.9 Å². The summed E-state index contributed by atoms with van der Waals surface area (Å²) in [7, 11) is 0. The fourth-order valence-electron chi connectivity index (χ4n) is 3.14. The largest absolute Gasteiger partial charge is 0.390 e. The average molecular weight is 396 g/mol. The van der Waals surface area contributed by atoms with E-state index in [1.54, 1.807) is 13.8 Å². The molecule has 0 saturated heterocycles. The van der Waals surface area contributed by atoms with E-state index in [0.29, 0.717) is 17.9 Å². The van der Waals surface area contributed by atoms with Gasteiger partial charge in [0.05, 0.1) is 52.9 Å². The third-order valence-corrected chi connectivity index (χ3v) is 4.85. The molecule has 1 atom stereocenters. The second-order valence-electron chi connectivity index (χ2n) is 7.16. The van der Waals surface area contributed by atoms with Crippen LogP contribution in [-0.2, 0) is 17.9 Å². The number of nitro groups is 1. The molecule has 0 aliphatic carbocycles. The molecule has 152 valence electrons. The molecule has 3 rings (SSSR count). The second-order valence-corrected chi connectivity index (χ2v) is 7.16. The van der Waals surface area contributed by atoms with Gasteiger partial charge < -0.3 is 15.4 Å². The van der Waals surface area contributed by atoms with Gasteiger partial charge in [-0.05, 0) is 31.3 Å². The van der Waals surface area contributed by atoms with E-state index in [0.717, 1.165) is 17.0 Å². The zero-order chi connectivity index (χ0) is 21.1. The van der Waals surface area contributed by atoms with Crippen molar-refractivity contribution in [2.24, 2.45) is 5.92 Å². The SMILES string of the molecule is Cc1nn(Cc2ccccc2)c(C)c1NC(=O)C(C)Cn1nc([N+](=O)[O-])cc1C. The number of carbonyl (C=O) groups excluding carboxylic acids is 1. The highest BCUT2D eigenvalue weighted by Gasteiger charge is 2.22. The summed E-state index contributed by atoms with van der Waals surface area (Å²) in [5, 5.41) is 22.3. The van der Waals surface area contributed by atoms with E-state index in [1.165, 1.54) is 10.7 Å². The van der Waals surface area contributed by atoms with Crippen molar-refractivity contribution in [1.29, 1.82) is 0 Å². The molecule has 0 aliphatic heterocycles. The molecule has 29 heavy (non-hydrogen) atoms. The van der Waals surface area contributed by atoms with Gasteiger partial charge in [-0.15, -0.1) is 0 Å². The topological polar surface area (TPSA) is 108 Å². The van der Waals surface area contributed by atoms with Crippen molar-refractivity contribution in [2.45, 2.75) is 40.8 Å². The molecule has 9 nitrogen and oxygen atoms in total. The first kappa shape index (κ1) is 20.2. The smallest absolute Gasteiger partial charge is 0.358 e. The zero-order valence-electron chi connectivity index (χ0n) is 16.9. The number of hydrogen-bond donors (Lipinski definition) is 1.